The van der Waals surface area contributed by atoms with E-state index in [-0.39, 0.29) is 0 Å². The Morgan fingerprint density at radius 1 is 1.23 bits per heavy atom. The number of pyridine rings is 1. The summed E-state index contributed by atoms with van der Waals surface area (Å²) < 4.78 is 12.7. The van der Waals surface area contributed by atoms with E-state index in [0.29, 0.717) is 51.2 Å². The highest BCUT2D eigenvalue weighted by molar-refractivity contribution is 5.90. The van der Waals surface area contributed by atoms with E-state index in [2.05, 4.69) is 15.6 Å². The maximum atomic E-state index is 5.56. The number of likely N-dealkylation sites (N-methyl/N-ethyl adjacent to an activating group) is 1. The Morgan fingerprint density at radius 2 is 2.06 bits per heavy atom. The second kappa shape index (κ2) is 11.0. The Kier molecular flexibility index (Phi) is 8.10. The van der Waals surface area contributed by atoms with Crippen LogP contribution in [0.1, 0.15) is 18.2 Å². The first-order valence-corrected chi connectivity index (χ1v) is 10.5. The molecule has 10 nitrogen and oxygen atoms in total. The van der Waals surface area contributed by atoms with Crippen LogP contribution in [0.3, 0.4) is 0 Å². The number of methoxy groups -OCH3 is 1. The summed E-state index contributed by atoms with van der Waals surface area (Å²) in [6.07, 6.45) is 1.78. The van der Waals surface area contributed by atoms with Gasteiger partial charge < -0.3 is 25.0 Å². The first-order valence-electron chi connectivity index (χ1n) is 10.5. The van der Waals surface area contributed by atoms with Crippen LogP contribution in [0.2, 0.25) is 0 Å². The molecule has 0 saturated heterocycles. The fraction of sp³-hybridized carbons (Fsp3) is 0.524. The molecule has 0 radical (unpaired) electrons. The molecule has 10 heteroatoms. The summed E-state index contributed by atoms with van der Waals surface area (Å²) >= 11 is 0. The minimum absolute atomic E-state index is 0.559. The van der Waals surface area contributed by atoms with Crippen molar-refractivity contribution < 1.29 is 9.47 Å². The van der Waals surface area contributed by atoms with Crippen LogP contribution in [-0.4, -0.2) is 72.3 Å². The smallest absolute Gasteiger partial charge is 0.227 e. The van der Waals surface area contributed by atoms with Crippen molar-refractivity contribution in [1.82, 2.24) is 30.0 Å². The van der Waals surface area contributed by atoms with Crippen LogP contribution < -0.4 is 15.5 Å². The van der Waals surface area contributed by atoms with E-state index >= 15 is 0 Å². The number of rotatable bonds is 12. The molecule has 3 heterocycles. The summed E-state index contributed by atoms with van der Waals surface area (Å²) in [6, 6.07) is 3.94. The van der Waals surface area contributed by atoms with E-state index in [4.69, 9.17) is 24.5 Å². The monoisotopic (exact) mass is 428 g/mol. The van der Waals surface area contributed by atoms with Crippen molar-refractivity contribution >= 4 is 28.6 Å². The molecule has 0 amide bonds. The SMILES string of the molecule is CCOCCn1nc(CNC)c2nc(N(C)CCOC)nc(Nc3cc(C)ccn3)c21. The van der Waals surface area contributed by atoms with E-state index in [1.165, 1.54) is 0 Å². The highest BCUT2D eigenvalue weighted by Gasteiger charge is 2.20. The fourth-order valence-corrected chi connectivity index (χ4v) is 3.19. The molecule has 0 atom stereocenters. The van der Waals surface area contributed by atoms with Crippen LogP contribution in [0.4, 0.5) is 17.6 Å². The van der Waals surface area contributed by atoms with Crippen molar-refractivity contribution in [1.29, 1.82) is 0 Å². The van der Waals surface area contributed by atoms with Crippen LogP contribution in [0, 0.1) is 6.92 Å². The summed E-state index contributed by atoms with van der Waals surface area (Å²) in [5, 5.41) is 11.4. The molecular weight excluding hydrogens is 396 g/mol. The molecule has 0 aliphatic heterocycles. The third-order valence-corrected chi connectivity index (χ3v) is 4.78. The van der Waals surface area contributed by atoms with Gasteiger partial charge >= 0.3 is 0 Å². The zero-order chi connectivity index (χ0) is 22.2. The Hall–Kier alpha value is -2.82. The predicted molar refractivity (Wildman–Crippen MR) is 122 cm³/mol. The minimum atomic E-state index is 0.559. The normalized spacial score (nSPS) is 11.3. The lowest BCUT2D eigenvalue weighted by molar-refractivity contribution is 0.137. The molecular formula is C21H32N8O2. The largest absolute Gasteiger partial charge is 0.383 e. The lowest BCUT2D eigenvalue weighted by atomic mass is 10.3. The second-order valence-electron chi connectivity index (χ2n) is 7.22. The first-order chi connectivity index (χ1) is 15.1. The zero-order valence-electron chi connectivity index (χ0n) is 19.0. The Labute approximate surface area is 183 Å². The number of aryl methyl sites for hydroxylation is 1. The Morgan fingerprint density at radius 3 is 2.77 bits per heavy atom. The molecule has 0 aliphatic carbocycles. The zero-order valence-corrected chi connectivity index (χ0v) is 19.0. The van der Waals surface area contributed by atoms with Gasteiger partial charge in [-0.25, -0.2) is 9.97 Å². The van der Waals surface area contributed by atoms with E-state index in [0.717, 1.165) is 28.1 Å². The topological polar surface area (TPSA) is 102 Å². The van der Waals surface area contributed by atoms with Crippen LogP contribution in [0.15, 0.2) is 18.3 Å². The summed E-state index contributed by atoms with van der Waals surface area (Å²) in [5.41, 5.74) is 3.60. The van der Waals surface area contributed by atoms with Gasteiger partial charge in [0.1, 0.15) is 22.5 Å². The van der Waals surface area contributed by atoms with Gasteiger partial charge in [-0.15, -0.1) is 0 Å². The quantitative estimate of drug-likeness (QED) is 0.420. The van der Waals surface area contributed by atoms with Gasteiger partial charge in [0.15, 0.2) is 5.82 Å². The highest BCUT2D eigenvalue weighted by atomic mass is 16.5. The van der Waals surface area contributed by atoms with Gasteiger partial charge in [-0.1, -0.05) is 0 Å². The second-order valence-corrected chi connectivity index (χ2v) is 7.22. The molecule has 0 unspecified atom stereocenters. The number of aromatic nitrogens is 5. The molecule has 0 saturated carbocycles. The lowest BCUT2D eigenvalue weighted by Gasteiger charge is -2.18. The molecule has 3 aromatic rings. The third-order valence-electron chi connectivity index (χ3n) is 4.78. The highest BCUT2D eigenvalue weighted by Crippen LogP contribution is 2.28. The van der Waals surface area contributed by atoms with Gasteiger partial charge in [0.25, 0.3) is 0 Å². The average molecular weight is 429 g/mol. The average Bonchev–Trinajstić information content (AvgIpc) is 3.10. The summed E-state index contributed by atoms with van der Waals surface area (Å²) in [6.45, 7) is 7.68. The number of anilines is 3. The molecule has 0 fully saturated rings. The maximum absolute atomic E-state index is 5.56. The van der Waals surface area contributed by atoms with E-state index in [9.17, 15) is 0 Å². The fourth-order valence-electron chi connectivity index (χ4n) is 3.19. The molecule has 2 N–H and O–H groups in total. The summed E-state index contributed by atoms with van der Waals surface area (Å²) in [5.74, 6) is 1.98. The van der Waals surface area contributed by atoms with Crippen molar-refractivity contribution in [2.75, 3.05) is 57.8 Å². The standard InChI is InChI=1S/C21H32N8O2/c1-6-31-12-10-29-19-18(16(27-29)14-22-3)25-21(28(4)9-11-30-5)26-20(19)24-17-13-15(2)7-8-23-17/h7-8,13,22H,6,9-12,14H2,1-5H3,(H,23,24,25,26). The number of nitrogens with zero attached hydrogens (tertiary/aromatic N) is 6. The van der Waals surface area contributed by atoms with Crippen molar-refractivity contribution in [3.8, 4) is 0 Å². The Balaban J connectivity index is 2.12. The number of hydrogen-bond donors (Lipinski definition) is 2. The molecule has 0 spiro atoms. The van der Waals surface area contributed by atoms with Crippen molar-refractivity contribution in [3.05, 3.63) is 29.6 Å². The lowest BCUT2D eigenvalue weighted by Crippen LogP contribution is -2.24. The van der Waals surface area contributed by atoms with Crippen LogP contribution >= 0.6 is 0 Å². The summed E-state index contributed by atoms with van der Waals surface area (Å²) in [4.78, 5) is 16.1. The van der Waals surface area contributed by atoms with Gasteiger partial charge in [0, 0.05) is 40.1 Å². The molecule has 0 bridgehead atoms. The van der Waals surface area contributed by atoms with Crippen LogP contribution in [0.5, 0.6) is 0 Å². The number of fused-ring (bicyclic) bond motifs is 1. The van der Waals surface area contributed by atoms with E-state index < -0.39 is 0 Å². The van der Waals surface area contributed by atoms with Gasteiger partial charge in [-0.2, -0.15) is 10.1 Å². The number of ether oxygens (including phenoxy) is 2. The molecule has 168 valence electrons. The van der Waals surface area contributed by atoms with Gasteiger partial charge in [-0.05, 0) is 38.6 Å². The minimum Gasteiger partial charge on any atom is -0.383 e. The van der Waals surface area contributed by atoms with Crippen molar-refractivity contribution in [2.24, 2.45) is 0 Å². The predicted octanol–water partition coefficient (Wildman–Crippen LogP) is 2.11. The molecule has 31 heavy (non-hydrogen) atoms. The third kappa shape index (κ3) is 5.66. The molecule has 0 aromatic carbocycles. The number of nitrogens with one attached hydrogen (secondary N) is 2. The molecule has 3 aromatic heterocycles. The van der Waals surface area contributed by atoms with Crippen LogP contribution in [0.25, 0.3) is 11.0 Å². The van der Waals surface area contributed by atoms with Crippen molar-refractivity contribution in [3.63, 3.8) is 0 Å². The molecule has 3 rings (SSSR count). The van der Waals surface area contributed by atoms with Gasteiger partial charge in [0.05, 0.1) is 19.8 Å². The molecule has 0 aliphatic rings. The van der Waals surface area contributed by atoms with Gasteiger partial charge in [0.2, 0.25) is 5.95 Å². The number of hydrogen-bond acceptors (Lipinski definition) is 9. The maximum Gasteiger partial charge on any atom is 0.227 e. The van der Waals surface area contributed by atoms with E-state index in [1.54, 1.807) is 13.3 Å². The summed E-state index contributed by atoms with van der Waals surface area (Å²) in [7, 11) is 5.53. The Bertz CT molecular complexity index is 991. The van der Waals surface area contributed by atoms with E-state index in [1.807, 2.05) is 49.7 Å². The first kappa shape index (κ1) is 22.9. The van der Waals surface area contributed by atoms with Gasteiger partial charge in [-0.3, -0.25) is 4.68 Å². The van der Waals surface area contributed by atoms with Crippen LogP contribution in [-0.2, 0) is 22.6 Å². The van der Waals surface area contributed by atoms with Crippen molar-refractivity contribution in [2.45, 2.75) is 26.9 Å².